The summed E-state index contributed by atoms with van der Waals surface area (Å²) >= 11 is 5.09. The summed E-state index contributed by atoms with van der Waals surface area (Å²) in [5.74, 6) is -0.509. The summed E-state index contributed by atoms with van der Waals surface area (Å²) in [5.41, 5.74) is 0.938. The Morgan fingerprint density at radius 2 is 1.86 bits per heavy atom. The van der Waals surface area contributed by atoms with E-state index in [1.807, 2.05) is 44.2 Å². The van der Waals surface area contributed by atoms with Crippen LogP contribution in [-0.4, -0.2) is 5.97 Å². The van der Waals surface area contributed by atoms with E-state index in [0.717, 1.165) is 5.56 Å². The third kappa shape index (κ3) is 2.48. The molecule has 0 amide bonds. The van der Waals surface area contributed by atoms with Crippen LogP contribution in [0.25, 0.3) is 0 Å². The van der Waals surface area contributed by atoms with Gasteiger partial charge in [0.1, 0.15) is 11.9 Å². The third-order valence-electron chi connectivity index (χ3n) is 2.16. The Balaban J connectivity index is 2.95. The van der Waals surface area contributed by atoms with Crippen molar-refractivity contribution in [2.75, 3.05) is 0 Å². The van der Waals surface area contributed by atoms with Gasteiger partial charge in [-0.2, -0.15) is 0 Å². The van der Waals surface area contributed by atoms with Crippen molar-refractivity contribution < 1.29 is 9.08 Å². The molecule has 0 aliphatic heterocycles. The lowest BCUT2D eigenvalue weighted by Crippen LogP contribution is -2.18. The molecule has 0 N–H and O–H groups in total. The Bertz CT molecular complexity index is 295. The monoisotopic (exact) mass is 212 g/mol. The van der Waals surface area contributed by atoms with Crippen molar-refractivity contribution in [2.24, 2.45) is 5.92 Å². The molecule has 0 spiro atoms. The predicted molar refractivity (Wildman–Crippen MR) is 56.0 cm³/mol. The van der Waals surface area contributed by atoms with E-state index in [9.17, 15) is 4.79 Å². The fourth-order valence-electron chi connectivity index (χ4n) is 1.50. The fourth-order valence-corrected chi connectivity index (χ4v) is 1.60. The molecular weight excluding hydrogens is 200 g/mol. The van der Waals surface area contributed by atoms with E-state index in [2.05, 4.69) is 4.29 Å². The third-order valence-corrected chi connectivity index (χ3v) is 2.31. The van der Waals surface area contributed by atoms with Gasteiger partial charge in [-0.15, -0.1) is 0 Å². The van der Waals surface area contributed by atoms with Crippen LogP contribution in [0.2, 0.25) is 0 Å². The molecule has 1 aromatic rings. The largest absolute Gasteiger partial charge is 0.347 e. The lowest BCUT2D eigenvalue weighted by molar-refractivity contribution is -0.136. The molecule has 0 fully saturated rings. The zero-order chi connectivity index (χ0) is 10.6. The number of halogens is 1. The highest BCUT2D eigenvalue weighted by molar-refractivity contribution is 6.13. The number of hydrogen-bond acceptors (Lipinski definition) is 2. The van der Waals surface area contributed by atoms with E-state index in [4.69, 9.17) is 11.9 Å². The van der Waals surface area contributed by atoms with E-state index in [1.165, 1.54) is 0 Å². The molecule has 1 atom stereocenters. The summed E-state index contributed by atoms with van der Waals surface area (Å²) in [4.78, 5) is 11.4. The molecule has 1 aromatic carbocycles. The van der Waals surface area contributed by atoms with Crippen molar-refractivity contribution >= 4 is 17.8 Å². The molecule has 0 aliphatic carbocycles. The lowest BCUT2D eigenvalue weighted by atomic mass is 9.89. The molecule has 2 nitrogen and oxygen atoms in total. The highest BCUT2D eigenvalue weighted by Crippen LogP contribution is 2.25. The Hall–Kier alpha value is -1.02. The minimum Gasteiger partial charge on any atom is -0.347 e. The smallest absolute Gasteiger partial charge is 0.332 e. The van der Waals surface area contributed by atoms with E-state index < -0.39 is 5.97 Å². The van der Waals surface area contributed by atoms with Crippen LogP contribution in [0.15, 0.2) is 30.3 Å². The molecule has 0 saturated heterocycles. The first-order valence-corrected chi connectivity index (χ1v) is 4.85. The van der Waals surface area contributed by atoms with Crippen LogP contribution in [0.5, 0.6) is 0 Å². The molecule has 1 unspecified atom stereocenters. The van der Waals surface area contributed by atoms with Gasteiger partial charge in [0.05, 0.1) is 5.92 Å². The molecule has 0 saturated carbocycles. The van der Waals surface area contributed by atoms with Crippen molar-refractivity contribution in [3.63, 3.8) is 0 Å². The van der Waals surface area contributed by atoms with Gasteiger partial charge in [-0.1, -0.05) is 44.2 Å². The van der Waals surface area contributed by atoms with Gasteiger partial charge >= 0.3 is 5.97 Å². The normalized spacial score (nSPS) is 12.6. The first kappa shape index (κ1) is 11.1. The van der Waals surface area contributed by atoms with Gasteiger partial charge in [-0.05, 0) is 11.5 Å². The second-order valence-corrected chi connectivity index (χ2v) is 3.68. The Morgan fingerprint density at radius 3 is 2.29 bits per heavy atom. The minimum atomic E-state index is -0.395. The maximum atomic E-state index is 11.4. The first-order chi connectivity index (χ1) is 6.66. The van der Waals surface area contributed by atoms with Gasteiger partial charge in [0.25, 0.3) is 0 Å². The molecule has 0 bridgehead atoms. The fraction of sp³-hybridized carbons (Fsp3) is 0.364. The van der Waals surface area contributed by atoms with Gasteiger partial charge in [0.2, 0.25) is 0 Å². The van der Waals surface area contributed by atoms with E-state index in [-0.39, 0.29) is 11.8 Å². The number of rotatable bonds is 3. The van der Waals surface area contributed by atoms with Gasteiger partial charge < -0.3 is 4.29 Å². The zero-order valence-corrected chi connectivity index (χ0v) is 8.99. The quantitative estimate of drug-likeness (QED) is 0.770. The SMILES string of the molecule is CC(C)C(C(=O)OCl)c1ccccc1. The van der Waals surface area contributed by atoms with Crippen LogP contribution < -0.4 is 0 Å². The molecule has 3 heteroatoms. The molecule has 76 valence electrons. The number of carbonyl (C=O) groups is 1. The summed E-state index contributed by atoms with van der Waals surface area (Å²) in [6.45, 7) is 3.93. The van der Waals surface area contributed by atoms with E-state index in [0.29, 0.717) is 0 Å². The topological polar surface area (TPSA) is 26.3 Å². The molecule has 1 rings (SSSR count). The number of carbonyl (C=O) groups excluding carboxylic acids is 1. The van der Waals surface area contributed by atoms with E-state index in [1.54, 1.807) is 0 Å². The molecule has 0 aliphatic rings. The molecule has 0 radical (unpaired) electrons. The maximum absolute atomic E-state index is 11.4. The van der Waals surface area contributed by atoms with Gasteiger partial charge in [-0.3, -0.25) is 0 Å². The van der Waals surface area contributed by atoms with Crippen molar-refractivity contribution in [1.29, 1.82) is 0 Å². The van der Waals surface area contributed by atoms with Gasteiger partial charge in [-0.25, -0.2) is 4.79 Å². The highest BCUT2D eigenvalue weighted by atomic mass is 35.5. The summed E-state index contributed by atoms with van der Waals surface area (Å²) in [7, 11) is 0. The average Bonchev–Trinajstić information content (AvgIpc) is 2.19. The van der Waals surface area contributed by atoms with E-state index >= 15 is 0 Å². The van der Waals surface area contributed by atoms with Crippen LogP contribution in [0, 0.1) is 5.92 Å². The molecular formula is C11H13ClO2. The number of benzene rings is 1. The van der Waals surface area contributed by atoms with Crippen LogP contribution >= 0.6 is 11.9 Å². The second kappa shape index (κ2) is 5.01. The van der Waals surface area contributed by atoms with Gasteiger partial charge in [0.15, 0.2) is 0 Å². The van der Waals surface area contributed by atoms with Crippen molar-refractivity contribution in [1.82, 2.24) is 0 Å². The van der Waals surface area contributed by atoms with Crippen LogP contribution in [0.1, 0.15) is 25.3 Å². The summed E-state index contributed by atoms with van der Waals surface area (Å²) < 4.78 is 4.26. The average molecular weight is 213 g/mol. The highest BCUT2D eigenvalue weighted by Gasteiger charge is 2.25. The first-order valence-electron chi connectivity index (χ1n) is 4.54. The maximum Gasteiger partial charge on any atom is 0.332 e. The summed E-state index contributed by atoms with van der Waals surface area (Å²) in [5, 5.41) is 0. The van der Waals surface area contributed by atoms with Gasteiger partial charge in [0, 0.05) is 0 Å². The standard InChI is InChI=1S/C11H13ClO2/c1-8(2)10(11(13)14-12)9-6-4-3-5-7-9/h3-8,10H,1-2H3. The lowest BCUT2D eigenvalue weighted by Gasteiger charge is -2.17. The molecule has 14 heavy (non-hydrogen) atoms. The van der Waals surface area contributed by atoms with Crippen LogP contribution in [0.3, 0.4) is 0 Å². The Morgan fingerprint density at radius 1 is 1.29 bits per heavy atom. The number of hydrogen-bond donors (Lipinski definition) is 0. The zero-order valence-electron chi connectivity index (χ0n) is 8.24. The van der Waals surface area contributed by atoms with Crippen molar-refractivity contribution in [2.45, 2.75) is 19.8 Å². The van der Waals surface area contributed by atoms with Crippen molar-refractivity contribution in [3.8, 4) is 0 Å². The van der Waals surface area contributed by atoms with Crippen LogP contribution in [0.4, 0.5) is 0 Å². The Kier molecular flexibility index (Phi) is 3.96. The molecule has 0 heterocycles. The van der Waals surface area contributed by atoms with Crippen LogP contribution in [-0.2, 0) is 9.08 Å². The second-order valence-electron chi connectivity index (χ2n) is 3.53. The predicted octanol–water partition coefficient (Wildman–Crippen LogP) is 3.12. The summed E-state index contributed by atoms with van der Waals surface area (Å²) in [6.07, 6.45) is 0. The minimum absolute atomic E-state index is 0.170. The molecule has 0 aromatic heterocycles. The Labute approximate surface area is 89.0 Å². The summed E-state index contributed by atoms with van der Waals surface area (Å²) in [6, 6.07) is 9.50. The van der Waals surface area contributed by atoms with Crippen molar-refractivity contribution in [3.05, 3.63) is 35.9 Å².